The minimum absolute atomic E-state index is 0.148. The molecule has 2 N–H and O–H groups in total. The van der Waals surface area contributed by atoms with E-state index in [0.29, 0.717) is 17.7 Å². The van der Waals surface area contributed by atoms with E-state index >= 15 is 0 Å². The van der Waals surface area contributed by atoms with E-state index in [1.54, 1.807) is 0 Å². The summed E-state index contributed by atoms with van der Waals surface area (Å²) in [6.07, 6.45) is 3.18. The fourth-order valence-corrected chi connectivity index (χ4v) is 3.65. The number of rotatable bonds is 3. The van der Waals surface area contributed by atoms with Crippen molar-refractivity contribution in [1.29, 1.82) is 0 Å². The Morgan fingerprint density at radius 1 is 1.48 bits per heavy atom. The van der Waals surface area contributed by atoms with Crippen LogP contribution in [0.5, 0.6) is 0 Å². The maximum absolute atomic E-state index is 12.6. The summed E-state index contributed by atoms with van der Waals surface area (Å²) in [5.41, 5.74) is 7.20. The second kappa shape index (κ2) is 5.98. The molecular weight excluding hydrogens is 284 g/mol. The van der Waals surface area contributed by atoms with Gasteiger partial charge < -0.3 is 10.6 Å². The van der Waals surface area contributed by atoms with Crippen LogP contribution in [0.3, 0.4) is 0 Å². The molecule has 114 valence electrons. The summed E-state index contributed by atoms with van der Waals surface area (Å²) in [6, 6.07) is 8.07. The Kier molecular flexibility index (Phi) is 4.23. The second-order valence-electron chi connectivity index (χ2n) is 6.55. The quantitative estimate of drug-likeness (QED) is 0.933. The lowest BCUT2D eigenvalue weighted by Gasteiger charge is -2.34. The van der Waals surface area contributed by atoms with Crippen molar-refractivity contribution >= 4 is 17.5 Å². The van der Waals surface area contributed by atoms with Crippen LogP contribution in [0.25, 0.3) is 0 Å². The van der Waals surface area contributed by atoms with Crippen LogP contribution in [-0.2, 0) is 4.79 Å². The van der Waals surface area contributed by atoms with Gasteiger partial charge in [-0.25, -0.2) is 0 Å². The predicted octanol–water partition coefficient (Wildman–Crippen LogP) is 3.03. The highest BCUT2D eigenvalue weighted by Gasteiger charge is 2.46. The zero-order valence-corrected chi connectivity index (χ0v) is 13.2. The van der Waals surface area contributed by atoms with Crippen LogP contribution < -0.4 is 5.73 Å². The standard InChI is InChI=1S/C17H23ClN2O/c1-11(19)13-5-3-7-20(10-13)17(21)16-9-15(16)12-4-2-6-14(18)8-12/h2,4,6,8,11,13,15-16H,3,5,7,9-10,19H2,1H3. The Morgan fingerprint density at radius 2 is 2.29 bits per heavy atom. The van der Waals surface area contributed by atoms with E-state index in [1.807, 2.05) is 30.0 Å². The third-order valence-electron chi connectivity index (χ3n) is 4.90. The van der Waals surface area contributed by atoms with E-state index in [0.717, 1.165) is 37.4 Å². The highest BCUT2D eigenvalue weighted by atomic mass is 35.5. The summed E-state index contributed by atoms with van der Waals surface area (Å²) in [7, 11) is 0. The second-order valence-corrected chi connectivity index (χ2v) is 6.99. The largest absolute Gasteiger partial charge is 0.342 e. The Hall–Kier alpha value is -1.06. The first-order chi connectivity index (χ1) is 10.1. The van der Waals surface area contributed by atoms with Gasteiger partial charge in [-0.05, 0) is 55.7 Å². The summed E-state index contributed by atoms with van der Waals surface area (Å²) < 4.78 is 0. The number of nitrogens with two attached hydrogens (primary N) is 1. The van der Waals surface area contributed by atoms with Gasteiger partial charge in [0.25, 0.3) is 0 Å². The first-order valence-electron chi connectivity index (χ1n) is 7.86. The molecule has 1 aliphatic carbocycles. The first kappa shape index (κ1) is 14.9. The van der Waals surface area contributed by atoms with Crippen molar-refractivity contribution < 1.29 is 4.79 Å². The predicted molar refractivity (Wildman–Crippen MR) is 85.3 cm³/mol. The number of halogens is 1. The van der Waals surface area contributed by atoms with Crippen LogP contribution >= 0.6 is 11.6 Å². The van der Waals surface area contributed by atoms with Gasteiger partial charge in [0, 0.05) is 30.1 Å². The molecule has 0 radical (unpaired) electrons. The smallest absolute Gasteiger partial charge is 0.226 e. The average Bonchev–Trinajstić information content (AvgIpc) is 3.27. The first-order valence-corrected chi connectivity index (χ1v) is 8.24. The van der Waals surface area contributed by atoms with Crippen molar-refractivity contribution in [1.82, 2.24) is 4.90 Å². The molecule has 4 heteroatoms. The highest BCUT2D eigenvalue weighted by Crippen LogP contribution is 2.49. The molecule has 1 aliphatic heterocycles. The topological polar surface area (TPSA) is 46.3 Å². The molecule has 1 aromatic carbocycles. The average molecular weight is 307 g/mol. The minimum Gasteiger partial charge on any atom is -0.342 e. The molecule has 2 aliphatic rings. The summed E-state index contributed by atoms with van der Waals surface area (Å²) in [5.74, 6) is 1.26. The van der Waals surface area contributed by atoms with Gasteiger partial charge in [-0.15, -0.1) is 0 Å². The van der Waals surface area contributed by atoms with Gasteiger partial charge in [0.1, 0.15) is 0 Å². The summed E-state index contributed by atoms with van der Waals surface area (Å²) in [4.78, 5) is 14.7. The van der Waals surface area contributed by atoms with Crippen molar-refractivity contribution in [3.8, 4) is 0 Å². The third-order valence-corrected chi connectivity index (χ3v) is 5.13. The number of carbonyl (C=O) groups excluding carboxylic acids is 1. The van der Waals surface area contributed by atoms with Crippen molar-refractivity contribution in [3.05, 3.63) is 34.9 Å². The molecule has 1 saturated heterocycles. The molecule has 3 rings (SSSR count). The van der Waals surface area contributed by atoms with Gasteiger partial charge >= 0.3 is 0 Å². The van der Waals surface area contributed by atoms with Crippen LogP contribution in [0, 0.1) is 11.8 Å². The molecule has 1 aromatic rings. The van der Waals surface area contributed by atoms with Crippen LogP contribution in [0.1, 0.15) is 37.7 Å². The van der Waals surface area contributed by atoms with Gasteiger partial charge in [-0.1, -0.05) is 23.7 Å². The van der Waals surface area contributed by atoms with Crippen LogP contribution in [0.15, 0.2) is 24.3 Å². The molecule has 2 fully saturated rings. The maximum Gasteiger partial charge on any atom is 0.226 e. The van der Waals surface area contributed by atoms with E-state index in [9.17, 15) is 4.79 Å². The third kappa shape index (κ3) is 3.24. The van der Waals surface area contributed by atoms with Gasteiger partial charge in [-0.2, -0.15) is 0 Å². The highest BCUT2D eigenvalue weighted by molar-refractivity contribution is 6.30. The number of hydrogen-bond acceptors (Lipinski definition) is 2. The molecule has 21 heavy (non-hydrogen) atoms. The van der Waals surface area contributed by atoms with E-state index in [4.69, 9.17) is 17.3 Å². The number of amides is 1. The van der Waals surface area contributed by atoms with Crippen LogP contribution in [-0.4, -0.2) is 29.9 Å². The number of likely N-dealkylation sites (tertiary alicyclic amines) is 1. The molecule has 4 unspecified atom stereocenters. The van der Waals surface area contributed by atoms with Gasteiger partial charge in [0.05, 0.1) is 0 Å². The van der Waals surface area contributed by atoms with E-state index in [2.05, 4.69) is 6.07 Å². The summed E-state index contributed by atoms with van der Waals surface area (Å²) in [5, 5.41) is 0.751. The fraction of sp³-hybridized carbons (Fsp3) is 0.588. The van der Waals surface area contributed by atoms with Gasteiger partial charge in [-0.3, -0.25) is 4.79 Å². The van der Waals surface area contributed by atoms with E-state index in [-0.39, 0.29) is 12.0 Å². The molecule has 1 heterocycles. The zero-order chi connectivity index (χ0) is 15.0. The van der Waals surface area contributed by atoms with E-state index in [1.165, 1.54) is 5.56 Å². The lowest BCUT2D eigenvalue weighted by molar-refractivity contribution is -0.134. The summed E-state index contributed by atoms with van der Waals surface area (Å²) >= 11 is 6.04. The van der Waals surface area contributed by atoms with Gasteiger partial charge in [0.2, 0.25) is 5.91 Å². The molecule has 1 saturated carbocycles. The molecule has 0 aromatic heterocycles. The lowest BCUT2D eigenvalue weighted by atomic mass is 9.92. The van der Waals surface area contributed by atoms with Crippen molar-refractivity contribution in [2.24, 2.45) is 17.6 Å². The molecule has 0 spiro atoms. The van der Waals surface area contributed by atoms with Gasteiger partial charge in [0.15, 0.2) is 0 Å². The molecule has 0 bridgehead atoms. The zero-order valence-electron chi connectivity index (χ0n) is 12.5. The fourth-order valence-electron chi connectivity index (χ4n) is 3.45. The van der Waals surface area contributed by atoms with Crippen LogP contribution in [0.2, 0.25) is 5.02 Å². The van der Waals surface area contributed by atoms with Crippen molar-refractivity contribution in [2.75, 3.05) is 13.1 Å². The lowest BCUT2D eigenvalue weighted by Crippen LogP contribution is -2.45. The van der Waals surface area contributed by atoms with Crippen molar-refractivity contribution in [2.45, 2.75) is 38.1 Å². The number of benzene rings is 1. The molecule has 4 atom stereocenters. The Labute approximate surface area is 131 Å². The molecule has 1 amide bonds. The molecular formula is C17H23ClN2O. The monoisotopic (exact) mass is 306 g/mol. The Bertz CT molecular complexity index is 531. The minimum atomic E-state index is 0.148. The van der Waals surface area contributed by atoms with Crippen molar-refractivity contribution in [3.63, 3.8) is 0 Å². The van der Waals surface area contributed by atoms with E-state index < -0.39 is 0 Å². The number of piperidine rings is 1. The summed E-state index contributed by atoms with van der Waals surface area (Å²) in [6.45, 7) is 3.76. The SMILES string of the molecule is CC(N)C1CCCN(C(=O)C2CC2c2cccc(Cl)c2)C1. The van der Waals surface area contributed by atoms with Crippen LogP contribution in [0.4, 0.5) is 0 Å². The molecule has 3 nitrogen and oxygen atoms in total. The maximum atomic E-state index is 12.6. The number of carbonyl (C=O) groups is 1. The Balaban J connectivity index is 1.62. The number of hydrogen-bond donors (Lipinski definition) is 1. The number of nitrogens with zero attached hydrogens (tertiary/aromatic N) is 1. The Morgan fingerprint density at radius 3 is 3.00 bits per heavy atom. The normalized spacial score (nSPS) is 30.0.